The fraction of sp³-hybridized carbons (Fsp3) is 0.364. The number of nitrogens with zero attached hydrogens (tertiary/aromatic N) is 2. The molecule has 154 valence electrons. The summed E-state index contributed by atoms with van der Waals surface area (Å²) in [5.74, 6) is -0.762. The minimum absolute atomic E-state index is 0.314. The van der Waals surface area contributed by atoms with Crippen molar-refractivity contribution in [2.75, 3.05) is 50.1 Å². The van der Waals surface area contributed by atoms with Crippen LogP contribution in [0, 0.1) is 6.92 Å². The van der Waals surface area contributed by atoms with Crippen LogP contribution in [-0.4, -0.2) is 56.6 Å². The van der Waals surface area contributed by atoms with Crippen molar-refractivity contribution in [2.45, 2.75) is 13.8 Å². The number of hydrogen-bond acceptors (Lipinski definition) is 5. The highest BCUT2D eigenvalue weighted by molar-refractivity contribution is 6.34. The third-order valence-electron chi connectivity index (χ3n) is 5.20. The Kier molecular flexibility index (Phi) is 6.77. The predicted octanol–water partition coefficient (Wildman–Crippen LogP) is 3.83. The highest BCUT2D eigenvalue weighted by Gasteiger charge is 2.21. The van der Waals surface area contributed by atoms with Gasteiger partial charge in [-0.3, -0.25) is 4.79 Å². The predicted molar refractivity (Wildman–Crippen MR) is 116 cm³/mol. The molecule has 1 heterocycles. The lowest BCUT2D eigenvalue weighted by Crippen LogP contribution is -2.46. The number of hydrogen-bond donors (Lipinski definition) is 1. The summed E-state index contributed by atoms with van der Waals surface area (Å²) >= 11 is 6.26. The van der Waals surface area contributed by atoms with Crippen LogP contribution >= 0.6 is 11.6 Å². The van der Waals surface area contributed by atoms with Crippen LogP contribution < -0.4 is 10.2 Å². The molecule has 1 saturated heterocycles. The molecule has 1 fully saturated rings. The maximum atomic E-state index is 12.9. The molecule has 0 bridgehead atoms. The van der Waals surface area contributed by atoms with Crippen LogP contribution in [0.1, 0.15) is 33.2 Å². The molecule has 0 spiro atoms. The Bertz CT molecular complexity index is 908. The van der Waals surface area contributed by atoms with Gasteiger partial charge in [-0.25, -0.2) is 4.79 Å². The van der Waals surface area contributed by atoms with Gasteiger partial charge < -0.3 is 19.9 Å². The molecule has 1 aliphatic heterocycles. The number of likely N-dealkylation sites (N-methyl/N-ethyl adjacent to an activating group) is 1. The molecule has 2 aromatic carbocycles. The smallest absolute Gasteiger partial charge is 0.337 e. The zero-order valence-corrected chi connectivity index (χ0v) is 17.8. The zero-order chi connectivity index (χ0) is 21.0. The largest absolute Gasteiger partial charge is 0.465 e. The van der Waals surface area contributed by atoms with E-state index < -0.39 is 5.97 Å². The highest BCUT2D eigenvalue weighted by Crippen LogP contribution is 2.30. The number of ether oxygens (including phenoxy) is 1. The van der Waals surface area contributed by atoms with Crippen molar-refractivity contribution in [3.8, 4) is 0 Å². The van der Waals surface area contributed by atoms with Gasteiger partial charge in [0.1, 0.15) is 0 Å². The number of anilines is 2. The zero-order valence-electron chi connectivity index (χ0n) is 17.0. The van der Waals surface area contributed by atoms with Crippen LogP contribution in [0.5, 0.6) is 0 Å². The monoisotopic (exact) mass is 415 g/mol. The lowest BCUT2D eigenvalue weighted by molar-refractivity contribution is 0.0600. The Hall–Kier alpha value is -2.57. The summed E-state index contributed by atoms with van der Waals surface area (Å²) in [4.78, 5) is 29.5. The number of carbonyl (C=O) groups is 2. The Labute approximate surface area is 176 Å². The third kappa shape index (κ3) is 4.89. The van der Waals surface area contributed by atoms with E-state index in [4.69, 9.17) is 16.3 Å². The third-order valence-corrected chi connectivity index (χ3v) is 5.51. The van der Waals surface area contributed by atoms with E-state index in [2.05, 4.69) is 22.0 Å². The summed E-state index contributed by atoms with van der Waals surface area (Å²) in [6.45, 7) is 8.68. The summed E-state index contributed by atoms with van der Waals surface area (Å²) in [5, 5.41) is 3.34. The molecule has 0 atom stereocenters. The van der Waals surface area contributed by atoms with Gasteiger partial charge in [0.25, 0.3) is 5.91 Å². The van der Waals surface area contributed by atoms with E-state index in [0.717, 1.165) is 44.0 Å². The van der Waals surface area contributed by atoms with Gasteiger partial charge in [0.15, 0.2) is 0 Å². The van der Waals surface area contributed by atoms with Crippen molar-refractivity contribution < 1.29 is 14.3 Å². The van der Waals surface area contributed by atoms with Crippen molar-refractivity contribution in [1.29, 1.82) is 0 Å². The highest BCUT2D eigenvalue weighted by atomic mass is 35.5. The number of esters is 1. The molecule has 0 aromatic heterocycles. The average Bonchev–Trinajstić information content (AvgIpc) is 2.73. The summed E-state index contributed by atoms with van der Waals surface area (Å²) in [6.07, 6.45) is 0. The van der Waals surface area contributed by atoms with Crippen LogP contribution in [0.3, 0.4) is 0 Å². The molecule has 3 rings (SSSR count). The molecule has 1 aliphatic rings. The molecule has 0 radical (unpaired) electrons. The van der Waals surface area contributed by atoms with E-state index in [9.17, 15) is 9.59 Å². The number of methoxy groups -OCH3 is 1. The molecular formula is C22H26ClN3O3. The molecule has 0 unspecified atom stereocenters. The number of amides is 1. The van der Waals surface area contributed by atoms with Gasteiger partial charge in [0.05, 0.1) is 34.6 Å². The maximum Gasteiger partial charge on any atom is 0.337 e. The van der Waals surface area contributed by atoms with E-state index in [-0.39, 0.29) is 5.91 Å². The molecule has 0 saturated carbocycles. The van der Waals surface area contributed by atoms with Gasteiger partial charge in [0.2, 0.25) is 0 Å². The Morgan fingerprint density at radius 3 is 2.45 bits per heavy atom. The summed E-state index contributed by atoms with van der Waals surface area (Å²) < 4.78 is 4.83. The molecule has 7 heteroatoms. The van der Waals surface area contributed by atoms with Crippen molar-refractivity contribution in [2.24, 2.45) is 0 Å². The second-order valence-corrected chi connectivity index (χ2v) is 7.49. The average molecular weight is 416 g/mol. The first-order chi connectivity index (χ1) is 13.9. The van der Waals surface area contributed by atoms with E-state index in [0.29, 0.717) is 21.8 Å². The topological polar surface area (TPSA) is 61.9 Å². The minimum atomic E-state index is -0.448. The van der Waals surface area contributed by atoms with Crippen LogP contribution in [0.15, 0.2) is 36.4 Å². The summed E-state index contributed by atoms with van der Waals surface area (Å²) in [5.41, 5.74) is 3.20. The fourth-order valence-corrected chi connectivity index (χ4v) is 3.78. The molecule has 1 N–H and O–H groups in total. The number of halogens is 1. The van der Waals surface area contributed by atoms with Gasteiger partial charge in [-0.1, -0.05) is 24.6 Å². The lowest BCUT2D eigenvalue weighted by atomic mass is 10.1. The number of nitrogens with one attached hydrogen (secondary N) is 1. The second-order valence-electron chi connectivity index (χ2n) is 7.08. The number of carbonyl (C=O) groups excluding carboxylic acids is 2. The lowest BCUT2D eigenvalue weighted by Gasteiger charge is -2.36. The number of aryl methyl sites for hydroxylation is 1. The van der Waals surface area contributed by atoms with E-state index in [1.807, 2.05) is 19.1 Å². The first-order valence-corrected chi connectivity index (χ1v) is 10.1. The van der Waals surface area contributed by atoms with Gasteiger partial charge in [-0.15, -0.1) is 0 Å². The van der Waals surface area contributed by atoms with Crippen LogP contribution in [0.25, 0.3) is 0 Å². The number of rotatable bonds is 5. The van der Waals surface area contributed by atoms with Crippen molar-refractivity contribution in [1.82, 2.24) is 4.90 Å². The minimum Gasteiger partial charge on any atom is -0.465 e. The van der Waals surface area contributed by atoms with Crippen molar-refractivity contribution in [3.05, 3.63) is 58.1 Å². The van der Waals surface area contributed by atoms with E-state index in [1.54, 1.807) is 24.3 Å². The first-order valence-electron chi connectivity index (χ1n) is 9.70. The van der Waals surface area contributed by atoms with Gasteiger partial charge in [-0.05, 0) is 49.4 Å². The maximum absolute atomic E-state index is 12.9. The van der Waals surface area contributed by atoms with Crippen molar-refractivity contribution >= 4 is 34.9 Å². The standard InChI is InChI=1S/C22H26ClN3O3/c1-4-25-9-11-26(12-10-25)20-8-6-16(22(28)29-3)14-19(20)24-21(27)17-7-5-15(2)13-18(17)23/h5-8,13-14H,4,9-12H2,1-3H3,(H,24,27). The fourth-order valence-electron chi connectivity index (χ4n) is 3.46. The normalized spacial score (nSPS) is 14.6. The number of benzene rings is 2. The molecule has 0 aliphatic carbocycles. The first kappa shape index (κ1) is 21.1. The Balaban J connectivity index is 1.91. The Morgan fingerprint density at radius 1 is 1.10 bits per heavy atom. The van der Waals surface area contributed by atoms with E-state index in [1.165, 1.54) is 7.11 Å². The van der Waals surface area contributed by atoms with Gasteiger partial charge in [-0.2, -0.15) is 0 Å². The molecule has 6 nitrogen and oxygen atoms in total. The van der Waals surface area contributed by atoms with Crippen LogP contribution in [0.2, 0.25) is 5.02 Å². The summed E-state index contributed by atoms with van der Waals surface area (Å²) in [6, 6.07) is 10.6. The van der Waals surface area contributed by atoms with Crippen LogP contribution in [-0.2, 0) is 4.74 Å². The Morgan fingerprint density at radius 2 is 1.83 bits per heavy atom. The second kappa shape index (κ2) is 9.29. The molecule has 1 amide bonds. The quantitative estimate of drug-likeness (QED) is 0.752. The molecule has 2 aromatic rings. The van der Waals surface area contributed by atoms with Crippen molar-refractivity contribution in [3.63, 3.8) is 0 Å². The molecule has 29 heavy (non-hydrogen) atoms. The molecular weight excluding hydrogens is 390 g/mol. The van der Waals surface area contributed by atoms with Crippen LogP contribution in [0.4, 0.5) is 11.4 Å². The number of piperazine rings is 1. The summed E-state index contributed by atoms with van der Waals surface area (Å²) in [7, 11) is 1.34. The van der Waals surface area contributed by atoms with E-state index >= 15 is 0 Å². The van der Waals surface area contributed by atoms with Gasteiger partial charge >= 0.3 is 5.97 Å². The van der Waals surface area contributed by atoms with Gasteiger partial charge in [0, 0.05) is 26.2 Å². The SMILES string of the molecule is CCN1CCN(c2ccc(C(=O)OC)cc2NC(=O)c2ccc(C)cc2Cl)CC1.